The van der Waals surface area contributed by atoms with Crippen molar-refractivity contribution in [1.29, 1.82) is 0 Å². The van der Waals surface area contributed by atoms with Crippen molar-refractivity contribution in [3.05, 3.63) is 35.4 Å². The Morgan fingerprint density at radius 2 is 2.12 bits per heavy atom. The van der Waals surface area contributed by atoms with E-state index in [0.717, 1.165) is 6.42 Å². The van der Waals surface area contributed by atoms with Crippen LogP contribution in [0.5, 0.6) is 0 Å². The van der Waals surface area contributed by atoms with Crippen LogP contribution < -0.4 is 10.6 Å². The molecule has 0 bridgehead atoms. The maximum Gasteiger partial charge on any atom is 0.244 e. The zero-order valence-electron chi connectivity index (χ0n) is 9.82. The third kappa shape index (κ3) is 2.91. The van der Waals surface area contributed by atoms with Gasteiger partial charge in [0.2, 0.25) is 11.8 Å². The number of imide groups is 1. The number of rotatable bonds is 4. The normalized spacial score (nSPS) is 19.5. The first kappa shape index (κ1) is 11.8. The first-order valence-electron chi connectivity index (χ1n) is 5.78. The maximum absolute atomic E-state index is 11.3. The van der Waals surface area contributed by atoms with Gasteiger partial charge in [0.1, 0.15) is 0 Å². The molecule has 1 fully saturated rings. The van der Waals surface area contributed by atoms with E-state index in [0.29, 0.717) is 6.54 Å². The summed E-state index contributed by atoms with van der Waals surface area (Å²) in [6.07, 6.45) is 1.12. The molecule has 1 aromatic carbocycles. The lowest BCUT2D eigenvalue weighted by Crippen LogP contribution is -2.37. The number of amides is 2. The van der Waals surface area contributed by atoms with Crippen molar-refractivity contribution in [3.63, 3.8) is 0 Å². The Labute approximate surface area is 100 Å². The fraction of sp³-hybridized carbons (Fsp3) is 0.385. The Balaban J connectivity index is 1.82. The van der Waals surface area contributed by atoms with Crippen LogP contribution in [0.15, 0.2) is 24.3 Å². The van der Waals surface area contributed by atoms with Gasteiger partial charge in [0, 0.05) is 0 Å². The summed E-state index contributed by atoms with van der Waals surface area (Å²) in [5.41, 5.74) is 2.52. The molecular formula is C13H16N2O2. The molecule has 1 aliphatic rings. The minimum Gasteiger partial charge on any atom is -0.305 e. The van der Waals surface area contributed by atoms with E-state index in [9.17, 15) is 9.59 Å². The van der Waals surface area contributed by atoms with Crippen molar-refractivity contribution >= 4 is 11.8 Å². The minimum absolute atomic E-state index is 0.191. The first-order valence-corrected chi connectivity index (χ1v) is 5.78. The second-order valence-electron chi connectivity index (χ2n) is 4.30. The fourth-order valence-electron chi connectivity index (χ4n) is 1.99. The van der Waals surface area contributed by atoms with Gasteiger partial charge < -0.3 is 5.32 Å². The molecule has 1 aromatic rings. The topological polar surface area (TPSA) is 58.2 Å². The van der Waals surface area contributed by atoms with E-state index in [1.807, 2.05) is 12.1 Å². The van der Waals surface area contributed by atoms with Crippen molar-refractivity contribution < 1.29 is 9.59 Å². The maximum atomic E-state index is 11.3. The van der Waals surface area contributed by atoms with Crippen LogP contribution in [0.25, 0.3) is 0 Å². The summed E-state index contributed by atoms with van der Waals surface area (Å²) in [4.78, 5) is 22.3. The molecule has 17 heavy (non-hydrogen) atoms. The zero-order valence-corrected chi connectivity index (χ0v) is 9.82. The number of aryl methyl sites for hydroxylation is 1. The number of benzene rings is 1. The lowest BCUT2D eigenvalue weighted by Gasteiger charge is -2.10. The lowest BCUT2D eigenvalue weighted by atomic mass is 10.1. The molecule has 1 unspecified atom stereocenters. The van der Waals surface area contributed by atoms with Gasteiger partial charge in [-0.05, 0) is 31.0 Å². The summed E-state index contributed by atoms with van der Waals surface area (Å²) in [5.74, 6) is -0.400. The summed E-state index contributed by atoms with van der Waals surface area (Å²) in [6.45, 7) is 2.78. The highest BCUT2D eigenvalue weighted by atomic mass is 16.2. The molecule has 2 rings (SSSR count). The molecule has 1 aliphatic heterocycles. The van der Waals surface area contributed by atoms with E-state index < -0.39 is 0 Å². The van der Waals surface area contributed by atoms with Crippen LogP contribution in [0.1, 0.15) is 17.5 Å². The Bertz CT molecular complexity index is 443. The van der Waals surface area contributed by atoms with E-state index >= 15 is 0 Å². The van der Waals surface area contributed by atoms with Gasteiger partial charge >= 0.3 is 0 Å². The molecule has 1 heterocycles. The second kappa shape index (κ2) is 5.10. The fourth-order valence-corrected chi connectivity index (χ4v) is 1.99. The standard InChI is InChI=1S/C13H16N2O2/c1-9-4-2-3-5-10(9)6-7-14-11-8-12(16)15-13(11)17/h2-5,11,14H,6-8H2,1H3,(H,15,16,17). The molecule has 1 saturated heterocycles. The highest BCUT2D eigenvalue weighted by Gasteiger charge is 2.29. The van der Waals surface area contributed by atoms with Crippen molar-refractivity contribution in [1.82, 2.24) is 10.6 Å². The third-order valence-corrected chi connectivity index (χ3v) is 3.01. The van der Waals surface area contributed by atoms with Crippen LogP contribution in [0.3, 0.4) is 0 Å². The minimum atomic E-state index is -0.355. The average Bonchev–Trinajstić information content (AvgIpc) is 2.60. The van der Waals surface area contributed by atoms with Gasteiger partial charge in [-0.25, -0.2) is 0 Å². The average molecular weight is 232 g/mol. The summed E-state index contributed by atoms with van der Waals surface area (Å²) in [5, 5.41) is 5.39. The predicted molar refractivity (Wildman–Crippen MR) is 64.4 cm³/mol. The molecule has 0 saturated carbocycles. The molecule has 90 valence electrons. The van der Waals surface area contributed by atoms with Crippen LogP contribution in [-0.4, -0.2) is 24.4 Å². The van der Waals surface area contributed by atoms with E-state index in [2.05, 4.69) is 29.7 Å². The number of carbonyl (C=O) groups is 2. The molecular weight excluding hydrogens is 216 g/mol. The van der Waals surface area contributed by atoms with E-state index in [4.69, 9.17) is 0 Å². The van der Waals surface area contributed by atoms with Crippen molar-refractivity contribution in [3.8, 4) is 0 Å². The summed E-state index contributed by atoms with van der Waals surface area (Å²) in [6, 6.07) is 7.81. The van der Waals surface area contributed by atoms with Crippen LogP contribution in [0.4, 0.5) is 0 Å². The van der Waals surface area contributed by atoms with E-state index in [1.54, 1.807) is 0 Å². The van der Waals surface area contributed by atoms with Crippen LogP contribution in [0, 0.1) is 6.92 Å². The van der Waals surface area contributed by atoms with Crippen LogP contribution in [-0.2, 0) is 16.0 Å². The van der Waals surface area contributed by atoms with Crippen LogP contribution >= 0.6 is 0 Å². The molecule has 4 nitrogen and oxygen atoms in total. The van der Waals surface area contributed by atoms with Gasteiger partial charge in [-0.2, -0.15) is 0 Å². The summed E-state index contributed by atoms with van der Waals surface area (Å²) < 4.78 is 0. The molecule has 2 N–H and O–H groups in total. The Kier molecular flexibility index (Phi) is 3.54. The number of carbonyl (C=O) groups excluding carboxylic acids is 2. The lowest BCUT2D eigenvalue weighted by molar-refractivity contribution is -0.125. The van der Waals surface area contributed by atoms with Gasteiger partial charge in [0.25, 0.3) is 0 Å². The Morgan fingerprint density at radius 3 is 2.76 bits per heavy atom. The second-order valence-corrected chi connectivity index (χ2v) is 4.30. The Morgan fingerprint density at radius 1 is 1.35 bits per heavy atom. The molecule has 2 amide bonds. The summed E-state index contributed by atoms with van der Waals surface area (Å²) >= 11 is 0. The van der Waals surface area contributed by atoms with Gasteiger partial charge in [-0.1, -0.05) is 24.3 Å². The molecule has 0 aliphatic carbocycles. The van der Waals surface area contributed by atoms with Crippen LogP contribution in [0.2, 0.25) is 0 Å². The first-order chi connectivity index (χ1) is 8.16. The molecule has 0 spiro atoms. The largest absolute Gasteiger partial charge is 0.305 e. The highest BCUT2D eigenvalue weighted by molar-refractivity contribution is 6.05. The van der Waals surface area contributed by atoms with Crippen molar-refractivity contribution in [2.75, 3.05) is 6.54 Å². The molecule has 0 aromatic heterocycles. The van der Waals surface area contributed by atoms with Gasteiger partial charge in [-0.3, -0.25) is 14.9 Å². The van der Waals surface area contributed by atoms with E-state index in [-0.39, 0.29) is 24.3 Å². The predicted octanol–water partition coefficient (Wildman–Crippen LogP) is 0.542. The number of hydrogen-bond acceptors (Lipinski definition) is 3. The Hall–Kier alpha value is -1.68. The zero-order chi connectivity index (χ0) is 12.3. The summed E-state index contributed by atoms with van der Waals surface area (Å²) in [7, 11) is 0. The van der Waals surface area contributed by atoms with Gasteiger partial charge in [-0.15, -0.1) is 0 Å². The third-order valence-electron chi connectivity index (χ3n) is 3.01. The highest BCUT2D eigenvalue weighted by Crippen LogP contribution is 2.07. The molecule has 1 atom stereocenters. The van der Waals surface area contributed by atoms with E-state index in [1.165, 1.54) is 11.1 Å². The van der Waals surface area contributed by atoms with Crippen molar-refractivity contribution in [2.24, 2.45) is 0 Å². The number of nitrogens with one attached hydrogen (secondary N) is 2. The monoisotopic (exact) mass is 232 g/mol. The quantitative estimate of drug-likeness (QED) is 0.745. The van der Waals surface area contributed by atoms with Gasteiger partial charge in [0.15, 0.2) is 0 Å². The SMILES string of the molecule is Cc1ccccc1CCNC1CC(=O)NC1=O. The van der Waals surface area contributed by atoms with Crippen molar-refractivity contribution in [2.45, 2.75) is 25.8 Å². The number of hydrogen-bond donors (Lipinski definition) is 2. The molecule has 0 radical (unpaired) electrons. The molecule has 4 heteroatoms. The smallest absolute Gasteiger partial charge is 0.244 e. The van der Waals surface area contributed by atoms with Gasteiger partial charge in [0.05, 0.1) is 12.5 Å².